The molecule has 13 nitrogen and oxygen atoms in total. The van der Waals surface area contributed by atoms with Crippen LogP contribution in [-0.4, -0.2) is 80.1 Å². The third kappa shape index (κ3) is 22.5. The van der Waals surface area contributed by atoms with Gasteiger partial charge in [0.15, 0.2) is 0 Å². The normalized spacial score (nSPS) is 12.3. The van der Waals surface area contributed by atoms with E-state index in [0.29, 0.717) is 36.5 Å². The van der Waals surface area contributed by atoms with Crippen molar-refractivity contribution in [3.63, 3.8) is 0 Å². The van der Waals surface area contributed by atoms with E-state index in [1.807, 2.05) is 161 Å². The van der Waals surface area contributed by atoms with Gasteiger partial charge in [-0.3, -0.25) is 0 Å². The molecular formula is C56H87LaO13. The zero-order valence-corrected chi connectivity index (χ0v) is 49.3. The van der Waals surface area contributed by atoms with Gasteiger partial charge in [0.1, 0.15) is 17.2 Å². The van der Waals surface area contributed by atoms with Gasteiger partial charge < -0.3 is 65.4 Å². The molecule has 0 bridgehead atoms. The van der Waals surface area contributed by atoms with E-state index in [1.54, 1.807) is 0 Å². The van der Waals surface area contributed by atoms with E-state index in [-0.39, 0.29) is 87.4 Å². The Bertz CT molecular complexity index is 1800. The van der Waals surface area contributed by atoms with Crippen molar-refractivity contribution in [2.45, 2.75) is 196 Å². The molecule has 392 valence electrons. The molecule has 0 spiro atoms. The predicted octanol–water partition coefficient (Wildman–Crippen LogP) is 5.95. The summed E-state index contributed by atoms with van der Waals surface area (Å²) in [5, 5.41) is 97.5. The van der Waals surface area contributed by atoms with Gasteiger partial charge in [-0.2, -0.15) is 0 Å². The number of phenolic OH excluding ortho intramolecular Hbond substituents is 3. The predicted molar refractivity (Wildman–Crippen MR) is 267 cm³/mol. The standard InChI is InChI=1S/3C17H26O3.C5H12O4.La/c3*1-16(2,3)12-9-11(7-8-14(18)19)10-13(15(12)20)17(4,5)6;6-1-5(2-7,3-8)4-9;/h3*9-10,20H,7-8H2,1-6H3,(H,18,19);6-9H,1-4H2;/q;;;;+3/p-3. The molecule has 0 saturated heterocycles. The maximum absolute atomic E-state index is 10.6. The fourth-order valence-electron chi connectivity index (χ4n) is 6.99. The maximum atomic E-state index is 10.6. The van der Waals surface area contributed by atoms with Crippen molar-refractivity contribution in [3.8, 4) is 17.2 Å². The topological polar surface area (TPSA) is 262 Å². The molecule has 70 heavy (non-hydrogen) atoms. The summed E-state index contributed by atoms with van der Waals surface area (Å²) in [7, 11) is 0. The molecule has 14 heteroatoms. The van der Waals surface area contributed by atoms with E-state index < -0.39 is 49.8 Å². The average molecular weight is 1110 g/mol. The molecule has 3 rings (SSSR count). The Hall–Kier alpha value is -3.50. The summed E-state index contributed by atoms with van der Waals surface area (Å²) in [6.45, 7) is 35.1. The quantitative estimate of drug-likeness (QED) is 0.105. The van der Waals surface area contributed by atoms with E-state index in [1.165, 1.54) is 0 Å². The molecular weight excluding hydrogens is 1020 g/mol. The van der Waals surface area contributed by atoms with Crippen molar-refractivity contribution in [3.05, 3.63) is 86.5 Å². The number of hydrogen-bond donors (Lipinski definition) is 7. The van der Waals surface area contributed by atoms with Gasteiger partial charge in [-0.05, 0) is 121 Å². The molecule has 0 aliphatic rings. The molecule has 0 amide bonds. The average Bonchev–Trinajstić information content (AvgIpc) is 3.18. The molecule has 0 atom stereocenters. The largest absolute Gasteiger partial charge is 3.00 e. The van der Waals surface area contributed by atoms with Crippen LogP contribution in [0.15, 0.2) is 36.4 Å². The zero-order chi connectivity index (χ0) is 54.5. The van der Waals surface area contributed by atoms with E-state index in [4.69, 9.17) is 20.4 Å². The second kappa shape index (κ2) is 27.5. The van der Waals surface area contributed by atoms with Crippen molar-refractivity contribution < 1.29 is 101 Å². The number of carboxylic acids is 3. The van der Waals surface area contributed by atoms with Crippen LogP contribution in [-0.2, 0) is 66.1 Å². The van der Waals surface area contributed by atoms with Crippen LogP contribution >= 0.6 is 0 Å². The first-order valence-electron chi connectivity index (χ1n) is 23.7. The Kier molecular flexibility index (Phi) is 27.0. The first kappa shape index (κ1) is 68.6. The van der Waals surface area contributed by atoms with Crippen LogP contribution < -0.4 is 15.3 Å². The molecule has 0 aliphatic carbocycles. The summed E-state index contributed by atoms with van der Waals surface area (Å²) in [5.41, 5.74) is 5.69. The third-order valence-corrected chi connectivity index (χ3v) is 11.6. The number of carboxylic acid groups (broad SMARTS) is 3. The maximum Gasteiger partial charge on any atom is 3.00 e. The van der Waals surface area contributed by atoms with Gasteiger partial charge in [0.05, 0.1) is 31.8 Å². The minimum Gasteiger partial charge on any atom is -0.550 e. The number of aliphatic hydroxyl groups is 4. The van der Waals surface area contributed by atoms with E-state index >= 15 is 0 Å². The number of phenols is 3. The van der Waals surface area contributed by atoms with Crippen molar-refractivity contribution in [1.29, 1.82) is 0 Å². The van der Waals surface area contributed by atoms with Crippen molar-refractivity contribution in [1.82, 2.24) is 0 Å². The molecule has 0 heterocycles. The fraction of sp³-hybridized carbons (Fsp3) is 0.625. The number of aliphatic hydroxyl groups excluding tert-OH is 4. The number of hydrogen-bond acceptors (Lipinski definition) is 13. The van der Waals surface area contributed by atoms with Crippen molar-refractivity contribution >= 4 is 17.9 Å². The number of aliphatic carboxylic acids is 3. The molecule has 0 aliphatic heterocycles. The van der Waals surface area contributed by atoms with Gasteiger partial charge in [-0.15, -0.1) is 0 Å². The van der Waals surface area contributed by atoms with Gasteiger partial charge in [0.2, 0.25) is 0 Å². The Labute approximate surface area is 447 Å². The Morgan fingerprint density at radius 2 is 0.500 bits per heavy atom. The minimum atomic E-state index is -1.11. The summed E-state index contributed by atoms with van der Waals surface area (Å²) < 4.78 is 0. The number of rotatable bonds is 13. The summed E-state index contributed by atoms with van der Waals surface area (Å²) in [6.07, 6.45) is 1.27. The van der Waals surface area contributed by atoms with E-state index in [9.17, 15) is 45.0 Å². The van der Waals surface area contributed by atoms with Crippen molar-refractivity contribution in [2.75, 3.05) is 26.4 Å². The Balaban J connectivity index is 0. The summed E-state index contributed by atoms with van der Waals surface area (Å²) in [5.74, 6) is -2.18. The molecule has 3 aromatic rings. The van der Waals surface area contributed by atoms with Gasteiger partial charge in [-0.1, -0.05) is 161 Å². The Morgan fingerprint density at radius 1 is 0.357 bits per heavy atom. The summed E-state index contributed by atoms with van der Waals surface area (Å²) >= 11 is 0. The minimum absolute atomic E-state index is 0. The monoisotopic (exact) mass is 1110 g/mol. The van der Waals surface area contributed by atoms with Crippen LogP contribution in [0, 0.1) is 41.0 Å². The second-order valence-electron chi connectivity index (χ2n) is 24.4. The van der Waals surface area contributed by atoms with Crippen molar-refractivity contribution in [2.24, 2.45) is 5.41 Å². The van der Waals surface area contributed by atoms with Gasteiger partial charge in [-0.25, -0.2) is 0 Å². The van der Waals surface area contributed by atoms with Crippen LogP contribution in [0.5, 0.6) is 17.2 Å². The molecule has 3 aromatic carbocycles. The number of carbonyl (C=O) groups is 3. The smallest absolute Gasteiger partial charge is 0.550 e. The second-order valence-corrected chi connectivity index (χ2v) is 24.4. The molecule has 0 unspecified atom stereocenters. The molecule has 0 radical (unpaired) electrons. The number of carbonyl (C=O) groups excluding carboxylic acids is 3. The van der Waals surface area contributed by atoms with Gasteiger partial charge in [0.25, 0.3) is 0 Å². The van der Waals surface area contributed by atoms with Crippen LogP contribution in [0.25, 0.3) is 0 Å². The van der Waals surface area contributed by atoms with Gasteiger partial charge >= 0.3 is 35.6 Å². The molecule has 7 N–H and O–H groups in total. The SMILES string of the molecule is CC(C)(C)c1cc(CCC(=O)[O-])cc(C(C)(C)C)c1O.CC(C)(C)c1cc(CCC(=O)[O-])cc(C(C)(C)C)c1O.CC(C)(C)c1cc(CCC(=O)[O-])cc(C(C)(C)C)c1O.OCC(CO)(CO)CO.[La+3]. The number of aromatic hydroxyl groups is 3. The first-order valence-corrected chi connectivity index (χ1v) is 23.7. The first-order chi connectivity index (χ1) is 31.0. The molecule has 0 fully saturated rings. The Morgan fingerprint density at radius 3 is 0.586 bits per heavy atom. The zero-order valence-electron chi connectivity index (χ0n) is 45.7. The van der Waals surface area contributed by atoms with Crippen LogP contribution in [0.1, 0.15) is 194 Å². The van der Waals surface area contributed by atoms with Crippen LogP contribution in [0.4, 0.5) is 0 Å². The van der Waals surface area contributed by atoms with Crippen LogP contribution in [0.2, 0.25) is 0 Å². The van der Waals surface area contributed by atoms with Crippen LogP contribution in [0.3, 0.4) is 0 Å². The van der Waals surface area contributed by atoms with Gasteiger partial charge in [0, 0.05) is 17.9 Å². The molecule has 0 saturated carbocycles. The number of benzene rings is 3. The fourth-order valence-corrected chi connectivity index (χ4v) is 6.99. The summed E-state index contributed by atoms with van der Waals surface area (Å²) in [6, 6.07) is 11.5. The third-order valence-electron chi connectivity index (χ3n) is 11.6. The summed E-state index contributed by atoms with van der Waals surface area (Å²) in [4.78, 5) is 31.9. The van der Waals surface area contributed by atoms with E-state index in [2.05, 4.69) is 0 Å². The van der Waals surface area contributed by atoms with E-state index in [0.717, 1.165) is 50.1 Å². The molecule has 0 aromatic heterocycles. The number of aryl methyl sites for hydroxylation is 3.